The lowest BCUT2D eigenvalue weighted by molar-refractivity contribution is 0.0735. The van der Waals surface area contributed by atoms with E-state index in [2.05, 4.69) is 10.0 Å². The number of rotatable bonds is 4. The van der Waals surface area contributed by atoms with Gasteiger partial charge in [-0.05, 0) is 42.8 Å². The Balaban J connectivity index is 0.00000261. The van der Waals surface area contributed by atoms with Crippen molar-refractivity contribution in [1.29, 1.82) is 0 Å². The van der Waals surface area contributed by atoms with Crippen molar-refractivity contribution in [2.45, 2.75) is 11.8 Å². The Morgan fingerprint density at radius 3 is 2.52 bits per heavy atom. The van der Waals surface area contributed by atoms with Crippen LogP contribution in [0.25, 0.3) is 0 Å². The number of carbonyl (C=O) groups is 1. The third kappa shape index (κ3) is 5.13. The van der Waals surface area contributed by atoms with Crippen LogP contribution in [0.3, 0.4) is 0 Å². The van der Waals surface area contributed by atoms with Crippen molar-refractivity contribution in [2.75, 3.05) is 30.9 Å². The molecule has 2 aromatic carbocycles. The van der Waals surface area contributed by atoms with Crippen LogP contribution in [0.1, 0.15) is 15.9 Å². The molecule has 0 saturated carbocycles. The van der Waals surface area contributed by atoms with E-state index in [1.165, 1.54) is 12.1 Å². The van der Waals surface area contributed by atoms with Crippen molar-refractivity contribution in [1.82, 2.24) is 10.2 Å². The number of nitrogens with zero attached hydrogens (tertiary/aromatic N) is 1. The SMILES string of the molecule is Cc1ccc(C(=O)N2CCNCC2)cc1S(=O)(=O)Nc1cccc(Cl)c1.Cl. The average Bonchev–Trinajstić information content (AvgIpc) is 2.62. The second-order valence-electron chi connectivity index (χ2n) is 6.14. The number of hydrogen-bond acceptors (Lipinski definition) is 4. The molecule has 1 fully saturated rings. The second kappa shape index (κ2) is 8.93. The van der Waals surface area contributed by atoms with Gasteiger partial charge in [-0.1, -0.05) is 23.7 Å². The van der Waals surface area contributed by atoms with Gasteiger partial charge >= 0.3 is 0 Å². The first-order chi connectivity index (χ1) is 12.4. The van der Waals surface area contributed by atoms with E-state index in [1.54, 1.807) is 42.2 Å². The van der Waals surface area contributed by atoms with Crippen LogP contribution in [0.2, 0.25) is 5.02 Å². The lowest BCUT2D eigenvalue weighted by atomic mass is 10.1. The van der Waals surface area contributed by atoms with Crippen molar-refractivity contribution in [2.24, 2.45) is 0 Å². The molecule has 0 bridgehead atoms. The summed E-state index contributed by atoms with van der Waals surface area (Å²) in [5.41, 5.74) is 1.30. The molecule has 0 aromatic heterocycles. The maximum absolute atomic E-state index is 12.8. The number of sulfonamides is 1. The monoisotopic (exact) mass is 429 g/mol. The Morgan fingerprint density at radius 1 is 1.15 bits per heavy atom. The van der Waals surface area contributed by atoms with Crippen LogP contribution in [-0.2, 0) is 10.0 Å². The largest absolute Gasteiger partial charge is 0.336 e. The smallest absolute Gasteiger partial charge is 0.262 e. The molecule has 0 radical (unpaired) electrons. The number of amides is 1. The Morgan fingerprint density at radius 2 is 1.85 bits per heavy atom. The fourth-order valence-corrected chi connectivity index (χ4v) is 4.35. The Labute approximate surface area is 170 Å². The fraction of sp³-hybridized carbons (Fsp3) is 0.278. The van der Waals surface area contributed by atoms with Gasteiger partial charge in [0.05, 0.1) is 10.6 Å². The molecule has 6 nitrogen and oxygen atoms in total. The minimum atomic E-state index is -3.84. The lowest BCUT2D eigenvalue weighted by Crippen LogP contribution is -2.46. The number of hydrogen-bond donors (Lipinski definition) is 2. The third-order valence-electron chi connectivity index (χ3n) is 4.21. The van der Waals surface area contributed by atoms with Crippen molar-refractivity contribution in [3.8, 4) is 0 Å². The summed E-state index contributed by atoms with van der Waals surface area (Å²) >= 11 is 5.91. The number of aryl methyl sites for hydroxylation is 1. The van der Waals surface area contributed by atoms with Crippen LogP contribution in [-0.4, -0.2) is 45.4 Å². The fourth-order valence-electron chi connectivity index (χ4n) is 2.84. The molecule has 9 heteroatoms. The predicted molar refractivity (Wildman–Crippen MR) is 109 cm³/mol. The van der Waals surface area contributed by atoms with Crippen LogP contribution in [0.5, 0.6) is 0 Å². The Kier molecular flexibility index (Phi) is 7.11. The molecule has 1 heterocycles. The molecule has 0 atom stereocenters. The summed E-state index contributed by atoms with van der Waals surface area (Å²) in [4.78, 5) is 14.5. The van der Waals surface area contributed by atoms with Crippen molar-refractivity contribution in [3.05, 3.63) is 58.6 Å². The van der Waals surface area contributed by atoms with Crippen LogP contribution in [0.15, 0.2) is 47.4 Å². The molecule has 0 unspecified atom stereocenters. The van der Waals surface area contributed by atoms with E-state index in [1.807, 2.05) is 0 Å². The van der Waals surface area contributed by atoms with E-state index in [9.17, 15) is 13.2 Å². The van der Waals surface area contributed by atoms with Crippen molar-refractivity contribution < 1.29 is 13.2 Å². The summed E-state index contributed by atoms with van der Waals surface area (Å²) in [5.74, 6) is -0.161. The molecular formula is C18H21Cl2N3O3S. The zero-order chi connectivity index (χ0) is 18.7. The Bertz CT molecular complexity index is 929. The highest BCUT2D eigenvalue weighted by molar-refractivity contribution is 7.92. The van der Waals surface area contributed by atoms with Gasteiger partial charge in [0.2, 0.25) is 0 Å². The van der Waals surface area contributed by atoms with Gasteiger partial charge in [0.1, 0.15) is 0 Å². The van der Waals surface area contributed by atoms with E-state index in [4.69, 9.17) is 11.6 Å². The number of piperazine rings is 1. The van der Waals surface area contributed by atoms with Gasteiger partial charge in [0.15, 0.2) is 0 Å². The first-order valence-electron chi connectivity index (χ1n) is 8.26. The van der Waals surface area contributed by atoms with Gasteiger partial charge in [-0.2, -0.15) is 0 Å². The van der Waals surface area contributed by atoms with E-state index in [0.717, 1.165) is 13.1 Å². The highest BCUT2D eigenvalue weighted by atomic mass is 35.5. The summed E-state index contributed by atoms with van der Waals surface area (Å²) in [6.45, 7) is 4.38. The summed E-state index contributed by atoms with van der Waals surface area (Å²) in [5, 5.41) is 3.62. The lowest BCUT2D eigenvalue weighted by Gasteiger charge is -2.27. The van der Waals surface area contributed by atoms with Crippen LogP contribution >= 0.6 is 24.0 Å². The van der Waals surface area contributed by atoms with E-state index in [-0.39, 0.29) is 23.2 Å². The van der Waals surface area contributed by atoms with Gasteiger partial charge in [-0.25, -0.2) is 8.42 Å². The molecule has 2 aromatic rings. The first-order valence-corrected chi connectivity index (χ1v) is 10.1. The minimum Gasteiger partial charge on any atom is -0.336 e. The molecule has 1 amide bonds. The average molecular weight is 430 g/mol. The number of nitrogens with one attached hydrogen (secondary N) is 2. The molecule has 146 valence electrons. The molecular weight excluding hydrogens is 409 g/mol. The predicted octanol–water partition coefficient (Wildman–Crippen LogP) is 2.92. The van der Waals surface area contributed by atoms with E-state index >= 15 is 0 Å². The molecule has 0 spiro atoms. The van der Waals surface area contributed by atoms with Crippen LogP contribution < -0.4 is 10.0 Å². The van der Waals surface area contributed by atoms with Gasteiger partial charge in [0.25, 0.3) is 15.9 Å². The third-order valence-corrected chi connectivity index (χ3v) is 5.96. The standard InChI is InChI=1S/C18H20ClN3O3S.ClH/c1-13-5-6-14(18(23)22-9-7-20-8-10-22)11-17(13)26(24,25)21-16-4-2-3-15(19)12-16;/h2-6,11-12,20-21H,7-10H2,1H3;1H. The minimum absolute atomic E-state index is 0. The highest BCUT2D eigenvalue weighted by Gasteiger charge is 2.22. The number of benzene rings is 2. The molecule has 2 N–H and O–H groups in total. The summed E-state index contributed by atoms with van der Waals surface area (Å²) in [7, 11) is -3.84. The summed E-state index contributed by atoms with van der Waals surface area (Å²) in [6.07, 6.45) is 0. The summed E-state index contributed by atoms with van der Waals surface area (Å²) in [6, 6.07) is 11.2. The van der Waals surface area contributed by atoms with Crippen molar-refractivity contribution >= 4 is 45.6 Å². The molecule has 1 aliphatic rings. The van der Waals surface area contributed by atoms with Gasteiger partial charge < -0.3 is 10.2 Å². The van der Waals surface area contributed by atoms with Crippen LogP contribution in [0.4, 0.5) is 5.69 Å². The normalized spacial score (nSPS) is 14.4. The van der Waals surface area contributed by atoms with Gasteiger partial charge in [-0.15, -0.1) is 12.4 Å². The molecule has 1 saturated heterocycles. The van der Waals surface area contributed by atoms with Crippen LogP contribution in [0, 0.1) is 6.92 Å². The zero-order valence-electron chi connectivity index (χ0n) is 14.7. The van der Waals surface area contributed by atoms with Crippen molar-refractivity contribution in [3.63, 3.8) is 0 Å². The maximum atomic E-state index is 12.8. The molecule has 27 heavy (non-hydrogen) atoms. The maximum Gasteiger partial charge on any atom is 0.262 e. The number of carbonyl (C=O) groups excluding carboxylic acids is 1. The molecule has 0 aliphatic carbocycles. The topological polar surface area (TPSA) is 78.5 Å². The number of anilines is 1. The summed E-state index contributed by atoms with van der Waals surface area (Å²) < 4.78 is 28.1. The molecule has 1 aliphatic heterocycles. The Hall–Kier alpha value is -1.80. The highest BCUT2D eigenvalue weighted by Crippen LogP contribution is 2.23. The zero-order valence-corrected chi connectivity index (χ0v) is 17.1. The second-order valence-corrected chi connectivity index (χ2v) is 8.23. The van der Waals surface area contributed by atoms with Gasteiger partial charge in [-0.3, -0.25) is 9.52 Å². The van der Waals surface area contributed by atoms with E-state index in [0.29, 0.717) is 34.9 Å². The number of halogens is 2. The van der Waals surface area contributed by atoms with E-state index < -0.39 is 10.0 Å². The van der Waals surface area contributed by atoms with Gasteiger partial charge in [0, 0.05) is 36.8 Å². The quantitative estimate of drug-likeness (QED) is 0.782. The first kappa shape index (κ1) is 21.5. The molecule has 3 rings (SSSR count).